The molecule has 0 amide bonds. The van der Waals surface area contributed by atoms with Gasteiger partial charge in [0.1, 0.15) is 0 Å². The molecule has 1 heterocycles. The molecule has 2 rings (SSSR count). The fraction of sp³-hybridized carbons (Fsp3) is 0.538. The Morgan fingerprint density at radius 1 is 1.24 bits per heavy atom. The lowest BCUT2D eigenvalue weighted by Crippen LogP contribution is -2.32. The van der Waals surface area contributed by atoms with Crippen LogP contribution in [-0.2, 0) is 16.4 Å². The van der Waals surface area contributed by atoms with Crippen LogP contribution in [0.25, 0.3) is 0 Å². The van der Waals surface area contributed by atoms with E-state index < -0.39 is 10.0 Å². The van der Waals surface area contributed by atoms with Gasteiger partial charge in [-0.15, -0.1) is 0 Å². The third-order valence-corrected chi connectivity index (χ3v) is 5.16. The summed E-state index contributed by atoms with van der Waals surface area (Å²) >= 11 is 0. The zero-order valence-electron chi connectivity index (χ0n) is 10.5. The van der Waals surface area contributed by atoms with Crippen LogP contribution in [0.1, 0.15) is 37.8 Å². The fourth-order valence-electron chi connectivity index (χ4n) is 2.28. The van der Waals surface area contributed by atoms with E-state index in [4.69, 9.17) is 0 Å². The van der Waals surface area contributed by atoms with Gasteiger partial charge in [0.2, 0.25) is 10.0 Å². The molecule has 1 aromatic carbocycles. The molecule has 1 atom stereocenters. The second-order valence-corrected chi connectivity index (χ2v) is 6.74. The number of sulfonamides is 1. The highest BCUT2D eigenvalue weighted by Crippen LogP contribution is 2.32. The van der Waals surface area contributed by atoms with Gasteiger partial charge in [-0.3, -0.25) is 0 Å². The first-order valence-electron chi connectivity index (χ1n) is 6.05. The summed E-state index contributed by atoms with van der Waals surface area (Å²) < 4.78 is 26.4. The molecule has 0 radical (unpaired) electrons. The van der Waals surface area contributed by atoms with E-state index in [0.29, 0.717) is 23.3 Å². The van der Waals surface area contributed by atoms with Gasteiger partial charge in [-0.1, -0.05) is 32.9 Å². The van der Waals surface area contributed by atoms with Crippen molar-refractivity contribution < 1.29 is 8.42 Å². The molecule has 17 heavy (non-hydrogen) atoms. The predicted molar refractivity (Wildman–Crippen MR) is 68.6 cm³/mol. The van der Waals surface area contributed by atoms with Crippen LogP contribution in [0.15, 0.2) is 23.1 Å². The highest BCUT2D eigenvalue weighted by Gasteiger charge is 2.26. The van der Waals surface area contributed by atoms with Crippen LogP contribution in [0.3, 0.4) is 0 Å². The summed E-state index contributed by atoms with van der Waals surface area (Å²) in [5.41, 5.74) is 2.19. The van der Waals surface area contributed by atoms with Gasteiger partial charge in [-0.05, 0) is 35.4 Å². The maximum Gasteiger partial charge on any atom is 0.240 e. The molecule has 1 aliphatic heterocycles. The molecule has 1 unspecified atom stereocenters. The van der Waals surface area contributed by atoms with E-state index in [1.165, 1.54) is 5.56 Å². The largest absolute Gasteiger partial charge is 0.240 e. The lowest BCUT2D eigenvalue weighted by Gasteiger charge is -2.25. The van der Waals surface area contributed by atoms with Crippen molar-refractivity contribution in [3.05, 3.63) is 29.3 Å². The molecule has 4 heteroatoms. The van der Waals surface area contributed by atoms with Gasteiger partial charge in [0, 0.05) is 6.54 Å². The minimum absolute atomic E-state index is 0.387. The Balaban J connectivity index is 2.58. The molecule has 0 spiro atoms. The van der Waals surface area contributed by atoms with Gasteiger partial charge < -0.3 is 0 Å². The Morgan fingerprint density at radius 3 is 2.59 bits per heavy atom. The van der Waals surface area contributed by atoms with Crippen LogP contribution < -0.4 is 4.72 Å². The standard InChI is InChI=1S/C13H19NO2S/c1-9(2)10(3)11-5-4-6-13-12(11)7-8-14-17(13,15)16/h4-6,9-10,14H,7-8H2,1-3H3. The Hall–Kier alpha value is -0.870. The van der Waals surface area contributed by atoms with Crippen LogP contribution in [0, 0.1) is 5.92 Å². The zero-order chi connectivity index (χ0) is 12.6. The van der Waals surface area contributed by atoms with Crippen LogP contribution >= 0.6 is 0 Å². The van der Waals surface area contributed by atoms with Crippen molar-refractivity contribution in [3.63, 3.8) is 0 Å². The third-order valence-electron chi connectivity index (χ3n) is 3.62. The SMILES string of the molecule is CC(C)C(C)c1cccc2c1CCNS2(=O)=O. The molecule has 1 N–H and O–H groups in total. The fourth-order valence-corrected chi connectivity index (χ4v) is 3.60. The summed E-state index contributed by atoms with van der Waals surface area (Å²) in [5, 5.41) is 0. The summed E-state index contributed by atoms with van der Waals surface area (Å²) in [6.45, 7) is 7.01. The summed E-state index contributed by atoms with van der Waals surface area (Å²) in [6.07, 6.45) is 0.793. The van der Waals surface area contributed by atoms with Crippen molar-refractivity contribution in [2.24, 2.45) is 5.92 Å². The number of fused-ring (bicyclic) bond motifs is 1. The molecule has 3 nitrogen and oxygen atoms in total. The molecule has 0 saturated carbocycles. The van der Waals surface area contributed by atoms with Crippen molar-refractivity contribution in [2.75, 3.05) is 6.54 Å². The first-order valence-corrected chi connectivity index (χ1v) is 7.53. The lowest BCUT2D eigenvalue weighted by atomic mass is 9.86. The smallest absolute Gasteiger partial charge is 0.211 e. The molecule has 94 valence electrons. The predicted octanol–water partition coefficient (Wildman–Crippen LogP) is 2.28. The van der Waals surface area contributed by atoms with Crippen LogP contribution in [0.2, 0.25) is 0 Å². The summed E-state index contributed by atoms with van der Waals surface area (Å²) in [5.74, 6) is 0.900. The summed E-state index contributed by atoms with van der Waals surface area (Å²) in [6, 6.07) is 5.61. The number of nitrogens with one attached hydrogen (secondary N) is 1. The second kappa shape index (κ2) is 4.42. The number of benzene rings is 1. The van der Waals surface area contributed by atoms with Gasteiger partial charge in [-0.25, -0.2) is 13.1 Å². The van der Waals surface area contributed by atoms with Gasteiger partial charge >= 0.3 is 0 Å². The van der Waals surface area contributed by atoms with Gasteiger partial charge in [0.15, 0.2) is 0 Å². The van der Waals surface area contributed by atoms with Crippen LogP contribution in [0.5, 0.6) is 0 Å². The minimum Gasteiger partial charge on any atom is -0.211 e. The van der Waals surface area contributed by atoms with Crippen LogP contribution in [0.4, 0.5) is 0 Å². The first kappa shape index (κ1) is 12.6. The molecule has 1 aliphatic rings. The quantitative estimate of drug-likeness (QED) is 0.879. The zero-order valence-corrected chi connectivity index (χ0v) is 11.3. The molecular weight excluding hydrogens is 234 g/mol. The monoisotopic (exact) mass is 253 g/mol. The van der Waals surface area contributed by atoms with Gasteiger partial charge in [0.25, 0.3) is 0 Å². The van der Waals surface area contributed by atoms with Crippen molar-refractivity contribution in [3.8, 4) is 0 Å². The maximum atomic E-state index is 11.9. The lowest BCUT2D eigenvalue weighted by molar-refractivity contribution is 0.525. The van der Waals surface area contributed by atoms with Crippen molar-refractivity contribution in [1.29, 1.82) is 0 Å². The Kier molecular flexibility index (Phi) is 3.27. The minimum atomic E-state index is -3.27. The third kappa shape index (κ3) is 2.24. The van der Waals surface area contributed by atoms with Crippen molar-refractivity contribution in [1.82, 2.24) is 4.72 Å². The van der Waals surface area contributed by atoms with Crippen LogP contribution in [-0.4, -0.2) is 15.0 Å². The van der Waals surface area contributed by atoms with Crippen molar-refractivity contribution in [2.45, 2.75) is 38.0 Å². The Morgan fingerprint density at radius 2 is 1.94 bits per heavy atom. The van der Waals surface area contributed by atoms with Gasteiger partial charge in [-0.2, -0.15) is 0 Å². The Labute approximate surface area is 103 Å². The topological polar surface area (TPSA) is 46.2 Å². The van der Waals surface area contributed by atoms with E-state index in [-0.39, 0.29) is 0 Å². The van der Waals surface area contributed by atoms with E-state index >= 15 is 0 Å². The summed E-state index contributed by atoms with van der Waals surface area (Å²) in [4.78, 5) is 0.466. The highest BCUT2D eigenvalue weighted by atomic mass is 32.2. The van der Waals surface area contributed by atoms with E-state index in [1.54, 1.807) is 6.07 Å². The van der Waals surface area contributed by atoms with E-state index in [9.17, 15) is 8.42 Å². The highest BCUT2D eigenvalue weighted by molar-refractivity contribution is 7.89. The number of hydrogen-bond donors (Lipinski definition) is 1. The van der Waals surface area contributed by atoms with Gasteiger partial charge in [0.05, 0.1) is 4.90 Å². The van der Waals surface area contributed by atoms with E-state index in [0.717, 1.165) is 12.0 Å². The first-order chi connectivity index (χ1) is 7.93. The molecule has 0 aliphatic carbocycles. The maximum absolute atomic E-state index is 11.9. The molecule has 0 bridgehead atoms. The normalized spacial score (nSPS) is 20.0. The van der Waals surface area contributed by atoms with E-state index in [2.05, 4.69) is 31.6 Å². The second-order valence-electron chi connectivity index (χ2n) is 5.00. The summed E-state index contributed by atoms with van der Waals surface area (Å²) in [7, 11) is -3.27. The average Bonchev–Trinajstić information content (AvgIpc) is 2.27. The van der Waals surface area contributed by atoms with Crippen molar-refractivity contribution >= 4 is 10.0 Å². The number of hydrogen-bond acceptors (Lipinski definition) is 2. The Bertz CT molecular complexity index is 520. The molecule has 1 aromatic rings. The molecule has 0 aromatic heterocycles. The molecule has 0 fully saturated rings. The molecular formula is C13H19NO2S. The average molecular weight is 253 g/mol. The van der Waals surface area contributed by atoms with E-state index in [1.807, 2.05) is 6.07 Å². The molecule has 0 saturated heterocycles. The number of rotatable bonds is 2.